The number of hydrogen-bond donors (Lipinski definition) is 0. The first kappa shape index (κ1) is 21.0. The van der Waals surface area contributed by atoms with Crippen molar-refractivity contribution >= 4 is 5.52 Å². The molecule has 0 radical (unpaired) electrons. The summed E-state index contributed by atoms with van der Waals surface area (Å²) in [7, 11) is 0. The first-order valence-corrected chi connectivity index (χ1v) is 9.87. The molecule has 1 aromatic carbocycles. The second kappa shape index (κ2) is 7.97. The smallest absolute Gasteiger partial charge is 0.387 e. The highest BCUT2D eigenvalue weighted by molar-refractivity contribution is 5.66. The topological polar surface area (TPSA) is 48.5 Å². The number of aromatic nitrogens is 3. The van der Waals surface area contributed by atoms with Crippen molar-refractivity contribution in [1.82, 2.24) is 14.2 Å². The van der Waals surface area contributed by atoms with Gasteiger partial charge in [0, 0.05) is 17.8 Å². The molecule has 5 nitrogen and oxygen atoms in total. The monoisotopic (exact) mass is 403 g/mol. The molecule has 3 rings (SSSR count). The summed E-state index contributed by atoms with van der Waals surface area (Å²) in [5, 5.41) is 4.80. The maximum Gasteiger partial charge on any atom is 0.387 e. The predicted molar refractivity (Wildman–Crippen MR) is 110 cm³/mol. The summed E-state index contributed by atoms with van der Waals surface area (Å²) in [4.78, 5) is 13.4. The quantitative estimate of drug-likeness (QED) is 0.558. The van der Waals surface area contributed by atoms with Crippen LogP contribution in [0.2, 0.25) is 0 Å². The Morgan fingerprint density at radius 3 is 2.28 bits per heavy atom. The zero-order valence-corrected chi connectivity index (χ0v) is 17.7. The van der Waals surface area contributed by atoms with Crippen LogP contribution < -0.4 is 10.3 Å². The van der Waals surface area contributed by atoms with Gasteiger partial charge in [0.25, 0.3) is 5.56 Å². The van der Waals surface area contributed by atoms with Gasteiger partial charge in [0.15, 0.2) is 5.82 Å². The van der Waals surface area contributed by atoms with Gasteiger partial charge < -0.3 is 4.74 Å². The summed E-state index contributed by atoms with van der Waals surface area (Å²) >= 11 is 0. The lowest BCUT2D eigenvalue weighted by Crippen LogP contribution is -2.26. The van der Waals surface area contributed by atoms with Crippen LogP contribution in [-0.2, 0) is 6.54 Å². The molecule has 0 amide bonds. The van der Waals surface area contributed by atoms with Crippen LogP contribution >= 0.6 is 0 Å². The van der Waals surface area contributed by atoms with Crippen molar-refractivity contribution in [3.8, 4) is 17.1 Å². The average molecular weight is 403 g/mol. The zero-order chi connectivity index (χ0) is 21.5. The lowest BCUT2D eigenvalue weighted by molar-refractivity contribution is -0.0498. The molecule has 0 spiro atoms. The number of nitrogens with zero attached hydrogens (tertiary/aromatic N) is 3. The second-order valence-corrected chi connectivity index (χ2v) is 7.81. The van der Waals surface area contributed by atoms with Crippen LogP contribution in [0.5, 0.6) is 5.75 Å². The Hall–Kier alpha value is -2.70. The highest BCUT2D eigenvalue weighted by Crippen LogP contribution is 2.32. The molecule has 0 unspecified atom stereocenters. The van der Waals surface area contributed by atoms with Gasteiger partial charge in [-0.25, -0.2) is 4.52 Å². The Morgan fingerprint density at radius 2 is 1.72 bits per heavy atom. The summed E-state index contributed by atoms with van der Waals surface area (Å²) in [6, 6.07) is 6.80. The van der Waals surface area contributed by atoms with Gasteiger partial charge in [-0.1, -0.05) is 27.7 Å². The van der Waals surface area contributed by atoms with E-state index in [2.05, 4.69) is 18.6 Å². The van der Waals surface area contributed by atoms with E-state index in [0.29, 0.717) is 17.9 Å². The van der Waals surface area contributed by atoms with Crippen molar-refractivity contribution in [2.75, 3.05) is 0 Å². The van der Waals surface area contributed by atoms with Crippen LogP contribution in [0.1, 0.15) is 63.3 Å². The van der Waals surface area contributed by atoms with E-state index in [-0.39, 0.29) is 23.1 Å². The number of rotatable bonds is 6. The molecule has 0 saturated heterocycles. The van der Waals surface area contributed by atoms with Crippen LogP contribution in [0, 0.1) is 6.92 Å². The second-order valence-electron chi connectivity index (χ2n) is 7.81. The molecule has 0 fully saturated rings. The first-order chi connectivity index (χ1) is 13.6. The van der Waals surface area contributed by atoms with E-state index >= 15 is 0 Å². The Bertz CT molecular complexity index is 1100. The molecule has 156 valence electrons. The summed E-state index contributed by atoms with van der Waals surface area (Å²) in [5.41, 5.74) is 3.88. The minimum absolute atomic E-state index is 0.0288. The summed E-state index contributed by atoms with van der Waals surface area (Å²) in [5.74, 6) is 0.840. The molecular weight excluding hydrogens is 376 g/mol. The molecule has 3 aromatic rings. The van der Waals surface area contributed by atoms with Crippen molar-refractivity contribution < 1.29 is 13.5 Å². The molecule has 0 atom stereocenters. The average Bonchev–Trinajstić information content (AvgIpc) is 2.98. The summed E-state index contributed by atoms with van der Waals surface area (Å²) in [6.45, 7) is 9.43. The fraction of sp³-hybridized carbons (Fsp3) is 0.455. The molecule has 0 N–H and O–H groups in total. The number of hydrogen-bond acceptors (Lipinski definition) is 3. The van der Waals surface area contributed by atoms with E-state index in [1.54, 1.807) is 21.2 Å². The van der Waals surface area contributed by atoms with Crippen LogP contribution in [0.4, 0.5) is 8.78 Å². The maximum atomic E-state index is 13.4. The number of halogens is 2. The van der Waals surface area contributed by atoms with Crippen LogP contribution in [0.25, 0.3) is 16.9 Å². The van der Waals surface area contributed by atoms with Gasteiger partial charge in [0.2, 0.25) is 0 Å². The number of benzene rings is 1. The SMILES string of the molecule is CCn1c(-c2ccc(OC(F)F)cc2C(C)C)nn2c(C)cc(C(C)C)c2c1=O. The van der Waals surface area contributed by atoms with E-state index in [4.69, 9.17) is 5.10 Å². The predicted octanol–water partition coefficient (Wildman–Crippen LogP) is 5.34. The minimum Gasteiger partial charge on any atom is -0.435 e. The van der Waals surface area contributed by atoms with E-state index in [1.807, 2.05) is 33.8 Å². The van der Waals surface area contributed by atoms with Gasteiger partial charge >= 0.3 is 6.61 Å². The van der Waals surface area contributed by atoms with E-state index in [1.165, 1.54) is 6.07 Å². The van der Waals surface area contributed by atoms with Gasteiger partial charge in [0.05, 0.1) is 0 Å². The Labute approximate surface area is 168 Å². The summed E-state index contributed by atoms with van der Waals surface area (Å²) in [6.07, 6.45) is 0. The molecule has 0 saturated carbocycles. The van der Waals surface area contributed by atoms with Gasteiger partial charge in [0.1, 0.15) is 11.3 Å². The normalized spacial score (nSPS) is 12.0. The van der Waals surface area contributed by atoms with Crippen LogP contribution in [0.15, 0.2) is 29.1 Å². The van der Waals surface area contributed by atoms with Crippen LogP contribution in [0.3, 0.4) is 0 Å². The standard InChI is InChI=1S/C22H27F2N3O2/c1-7-26-20(16-9-8-15(29-22(23)24)11-17(16)12(2)3)25-27-14(6)10-18(13(4)5)19(27)21(26)28/h8-13,22H,7H2,1-6H3. The zero-order valence-electron chi connectivity index (χ0n) is 17.7. The third-order valence-corrected chi connectivity index (χ3v) is 5.13. The molecule has 2 heterocycles. The Balaban J connectivity index is 2.33. The number of fused-ring (bicyclic) bond motifs is 1. The highest BCUT2D eigenvalue weighted by atomic mass is 19.3. The van der Waals surface area contributed by atoms with Crippen molar-refractivity contribution in [1.29, 1.82) is 0 Å². The summed E-state index contributed by atoms with van der Waals surface area (Å²) < 4.78 is 33.2. The highest BCUT2D eigenvalue weighted by Gasteiger charge is 2.21. The van der Waals surface area contributed by atoms with E-state index in [9.17, 15) is 13.6 Å². The van der Waals surface area contributed by atoms with Crippen molar-refractivity contribution in [2.24, 2.45) is 0 Å². The minimum atomic E-state index is -2.89. The molecule has 0 aliphatic carbocycles. The van der Waals surface area contributed by atoms with E-state index in [0.717, 1.165) is 22.4 Å². The van der Waals surface area contributed by atoms with Gasteiger partial charge in [-0.15, -0.1) is 5.10 Å². The van der Waals surface area contributed by atoms with Crippen molar-refractivity contribution in [3.05, 3.63) is 51.4 Å². The number of alkyl halides is 2. The molecule has 0 aliphatic rings. The molecule has 2 aromatic heterocycles. The molecular formula is C22H27F2N3O2. The lowest BCUT2D eigenvalue weighted by Gasteiger charge is -2.18. The van der Waals surface area contributed by atoms with Crippen LogP contribution in [-0.4, -0.2) is 20.8 Å². The van der Waals surface area contributed by atoms with Crippen molar-refractivity contribution in [3.63, 3.8) is 0 Å². The van der Waals surface area contributed by atoms with Gasteiger partial charge in [-0.3, -0.25) is 9.36 Å². The van der Waals surface area contributed by atoms with Gasteiger partial charge in [-0.2, -0.15) is 8.78 Å². The van der Waals surface area contributed by atoms with E-state index < -0.39 is 6.61 Å². The molecule has 7 heteroatoms. The maximum absolute atomic E-state index is 13.4. The largest absolute Gasteiger partial charge is 0.435 e. The molecule has 29 heavy (non-hydrogen) atoms. The number of ether oxygens (including phenoxy) is 1. The fourth-order valence-electron chi connectivity index (χ4n) is 3.70. The third-order valence-electron chi connectivity index (χ3n) is 5.13. The lowest BCUT2D eigenvalue weighted by atomic mass is 9.96. The molecule has 0 bridgehead atoms. The Kier molecular flexibility index (Phi) is 5.78. The number of aryl methyl sites for hydroxylation is 1. The molecule has 0 aliphatic heterocycles. The third kappa shape index (κ3) is 3.78. The Morgan fingerprint density at radius 1 is 1.07 bits per heavy atom. The first-order valence-electron chi connectivity index (χ1n) is 9.87. The van der Waals surface area contributed by atoms with Gasteiger partial charge in [-0.05, 0) is 61.1 Å². The van der Waals surface area contributed by atoms with Crippen molar-refractivity contribution in [2.45, 2.75) is 66.5 Å². The fourth-order valence-corrected chi connectivity index (χ4v) is 3.70.